The lowest BCUT2D eigenvalue weighted by atomic mass is 10.0. The predicted octanol–water partition coefficient (Wildman–Crippen LogP) is 5.01. The molecule has 1 heterocycles. The Morgan fingerprint density at radius 2 is 1.39 bits per heavy atom. The Morgan fingerprint density at radius 1 is 0.806 bits per heavy atom. The number of carbonyl (C=O) groups excluding carboxylic acids is 2. The third kappa shape index (κ3) is 4.65. The first kappa shape index (κ1) is 20.8. The van der Waals surface area contributed by atoms with E-state index in [0.29, 0.717) is 24.3 Å². The minimum absolute atomic E-state index is 0.109. The van der Waals surface area contributed by atoms with E-state index in [1.165, 1.54) is 21.6 Å². The summed E-state index contributed by atoms with van der Waals surface area (Å²) in [6.07, 6.45) is 2.55. The smallest absolute Gasteiger partial charge is 0.261 e. The number of carbonyl (C=O) groups is 2. The van der Waals surface area contributed by atoms with Crippen LogP contribution in [-0.4, -0.2) is 36.5 Å². The number of fused-ring (bicyclic) bond motifs is 1. The fourth-order valence-electron chi connectivity index (χ4n) is 3.75. The number of rotatable bonds is 9. The summed E-state index contributed by atoms with van der Waals surface area (Å²) in [6.45, 7) is 5.11. The molecule has 0 spiro atoms. The highest BCUT2D eigenvalue weighted by Gasteiger charge is 2.35. The number of nitrogens with zero attached hydrogens (tertiary/aromatic N) is 1. The van der Waals surface area contributed by atoms with Crippen LogP contribution in [0.3, 0.4) is 0 Å². The molecule has 2 amide bonds. The molecule has 0 radical (unpaired) electrons. The van der Waals surface area contributed by atoms with Gasteiger partial charge in [0.1, 0.15) is 0 Å². The van der Waals surface area contributed by atoms with E-state index in [4.69, 9.17) is 4.74 Å². The van der Waals surface area contributed by atoms with E-state index in [-0.39, 0.29) is 24.3 Å². The molecule has 0 saturated heterocycles. The lowest BCUT2D eigenvalue weighted by Gasteiger charge is -2.20. The molecule has 3 aromatic carbocycles. The van der Waals surface area contributed by atoms with Crippen molar-refractivity contribution in [3.63, 3.8) is 0 Å². The van der Waals surface area contributed by atoms with Gasteiger partial charge in [0.15, 0.2) is 0 Å². The maximum Gasteiger partial charge on any atom is 0.261 e. The van der Waals surface area contributed by atoms with E-state index in [1.54, 1.807) is 30.3 Å². The van der Waals surface area contributed by atoms with Gasteiger partial charge in [0.05, 0.1) is 24.3 Å². The zero-order valence-corrected chi connectivity index (χ0v) is 17.4. The second-order valence-electron chi connectivity index (χ2n) is 7.65. The molecule has 4 nitrogen and oxygen atoms in total. The standard InChI is InChI=1S/C27H25NO3/c1-2-20(18-28-26(29)24-10-6-7-11-25(24)27(28)30)19-31-17-16-21-12-14-23(15-13-21)22-8-4-3-5-9-22/h2-15,20H,1,16-19H2. The van der Waals surface area contributed by atoms with Crippen LogP contribution in [0.1, 0.15) is 26.3 Å². The Balaban J connectivity index is 1.26. The molecule has 4 heteroatoms. The van der Waals surface area contributed by atoms with Crippen molar-refractivity contribution >= 4 is 11.8 Å². The average molecular weight is 412 g/mol. The second kappa shape index (κ2) is 9.54. The Kier molecular flexibility index (Phi) is 6.39. The second-order valence-corrected chi connectivity index (χ2v) is 7.65. The molecule has 0 aliphatic carbocycles. The van der Waals surface area contributed by atoms with Gasteiger partial charge in [-0.3, -0.25) is 14.5 Å². The summed E-state index contributed by atoms with van der Waals surface area (Å²) < 4.78 is 5.84. The van der Waals surface area contributed by atoms with Gasteiger partial charge in [-0.1, -0.05) is 72.8 Å². The van der Waals surface area contributed by atoms with Crippen LogP contribution in [0, 0.1) is 5.92 Å². The summed E-state index contributed by atoms with van der Waals surface area (Å²) in [4.78, 5) is 26.4. The highest BCUT2D eigenvalue weighted by atomic mass is 16.5. The van der Waals surface area contributed by atoms with Crippen LogP contribution in [0.15, 0.2) is 91.5 Å². The summed E-state index contributed by atoms with van der Waals surface area (Å²) in [5, 5.41) is 0. The minimum Gasteiger partial charge on any atom is -0.380 e. The fourth-order valence-corrected chi connectivity index (χ4v) is 3.75. The molecule has 1 aliphatic rings. The van der Waals surface area contributed by atoms with Crippen molar-refractivity contribution in [2.24, 2.45) is 5.92 Å². The number of imide groups is 1. The van der Waals surface area contributed by atoms with Crippen molar-refractivity contribution < 1.29 is 14.3 Å². The Bertz CT molecular complexity index is 1040. The number of amides is 2. The SMILES string of the molecule is C=CC(COCCc1ccc(-c2ccccc2)cc1)CN1C(=O)c2ccccc2C1=O. The third-order valence-corrected chi connectivity index (χ3v) is 5.56. The van der Waals surface area contributed by atoms with Gasteiger partial charge in [0.25, 0.3) is 11.8 Å². The van der Waals surface area contributed by atoms with Gasteiger partial charge in [-0.15, -0.1) is 6.58 Å². The van der Waals surface area contributed by atoms with Crippen molar-refractivity contribution in [3.05, 3.63) is 108 Å². The molecule has 1 atom stereocenters. The lowest BCUT2D eigenvalue weighted by Crippen LogP contribution is -2.35. The monoisotopic (exact) mass is 411 g/mol. The van der Waals surface area contributed by atoms with Gasteiger partial charge >= 0.3 is 0 Å². The van der Waals surface area contributed by atoms with Gasteiger partial charge in [0, 0.05) is 12.5 Å². The van der Waals surface area contributed by atoms with Crippen molar-refractivity contribution in [1.29, 1.82) is 0 Å². The minimum atomic E-state index is -0.244. The van der Waals surface area contributed by atoms with Gasteiger partial charge in [-0.2, -0.15) is 0 Å². The summed E-state index contributed by atoms with van der Waals surface area (Å²) in [6, 6.07) is 25.7. The zero-order valence-electron chi connectivity index (χ0n) is 17.4. The highest BCUT2D eigenvalue weighted by Crippen LogP contribution is 2.24. The first-order chi connectivity index (χ1) is 15.2. The molecular weight excluding hydrogens is 386 g/mol. The van der Waals surface area contributed by atoms with E-state index < -0.39 is 0 Å². The molecular formula is C27H25NO3. The first-order valence-corrected chi connectivity index (χ1v) is 10.5. The Hall–Kier alpha value is -3.50. The molecule has 1 unspecified atom stereocenters. The molecule has 4 rings (SSSR count). The van der Waals surface area contributed by atoms with E-state index in [2.05, 4.69) is 43.0 Å². The van der Waals surface area contributed by atoms with Gasteiger partial charge in [-0.05, 0) is 35.2 Å². The van der Waals surface area contributed by atoms with Crippen LogP contribution in [0.4, 0.5) is 0 Å². The summed E-state index contributed by atoms with van der Waals surface area (Å²) in [5.74, 6) is -0.598. The Morgan fingerprint density at radius 3 is 2.00 bits per heavy atom. The highest BCUT2D eigenvalue weighted by molar-refractivity contribution is 6.21. The van der Waals surface area contributed by atoms with Crippen molar-refractivity contribution in [1.82, 2.24) is 4.90 Å². The number of hydrogen-bond acceptors (Lipinski definition) is 3. The quantitative estimate of drug-likeness (QED) is 0.282. The topological polar surface area (TPSA) is 46.6 Å². The molecule has 3 aromatic rings. The largest absolute Gasteiger partial charge is 0.380 e. The molecule has 0 bridgehead atoms. The first-order valence-electron chi connectivity index (χ1n) is 10.5. The van der Waals surface area contributed by atoms with E-state index >= 15 is 0 Å². The van der Waals surface area contributed by atoms with Crippen molar-refractivity contribution in [2.75, 3.05) is 19.8 Å². The molecule has 156 valence electrons. The van der Waals surface area contributed by atoms with E-state index in [0.717, 1.165) is 6.42 Å². The molecule has 0 fully saturated rings. The maximum atomic E-state index is 12.5. The van der Waals surface area contributed by atoms with Gasteiger partial charge < -0.3 is 4.74 Å². The zero-order chi connectivity index (χ0) is 21.6. The van der Waals surface area contributed by atoms with Crippen LogP contribution in [0.2, 0.25) is 0 Å². The molecule has 1 aliphatic heterocycles. The lowest BCUT2D eigenvalue weighted by molar-refractivity contribution is 0.0585. The predicted molar refractivity (Wildman–Crippen MR) is 122 cm³/mol. The summed E-state index contributed by atoms with van der Waals surface area (Å²) >= 11 is 0. The molecule has 0 aromatic heterocycles. The van der Waals surface area contributed by atoms with Crippen LogP contribution < -0.4 is 0 Å². The van der Waals surface area contributed by atoms with Crippen LogP contribution in [0.25, 0.3) is 11.1 Å². The molecule has 0 saturated carbocycles. The number of benzene rings is 3. The van der Waals surface area contributed by atoms with Crippen LogP contribution in [0.5, 0.6) is 0 Å². The normalized spacial score (nSPS) is 13.9. The Labute approximate surface area is 182 Å². The van der Waals surface area contributed by atoms with E-state index in [9.17, 15) is 9.59 Å². The van der Waals surface area contributed by atoms with Crippen LogP contribution in [-0.2, 0) is 11.2 Å². The number of ether oxygens (including phenoxy) is 1. The molecule has 0 N–H and O–H groups in total. The maximum absolute atomic E-state index is 12.5. The van der Waals surface area contributed by atoms with Gasteiger partial charge in [-0.25, -0.2) is 0 Å². The van der Waals surface area contributed by atoms with Crippen molar-refractivity contribution in [2.45, 2.75) is 6.42 Å². The summed E-state index contributed by atoms with van der Waals surface area (Å²) in [5.41, 5.74) is 4.53. The van der Waals surface area contributed by atoms with Crippen molar-refractivity contribution in [3.8, 4) is 11.1 Å². The average Bonchev–Trinajstić information content (AvgIpc) is 3.06. The summed E-state index contributed by atoms with van der Waals surface area (Å²) in [7, 11) is 0. The number of hydrogen-bond donors (Lipinski definition) is 0. The van der Waals surface area contributed by atoms with E-state index in [1.807, 2.05) is 18.2 Å². The molecule has 31 heavy (non-hydrogen) atoms. The third-order valence-electron chi connectivity index (χ3n) is 5.56. The van der Waals surface area contributed by atoms with Gasteiger partial charge in [0.2, 0.25) is 0 Å². The van der Waals surface area contributed by atoms with Crippen LogP contribution >= 0.6 is 0 Å². The fraction of sp³-hybridized carbons (Fsp3) is 0.185.